The Balaban J connectivity index is 2.07. The molecule has 1 heterocycles. The summed E-state index contributed by atoms with van der Waals surface area (Å²) in [5, 5.41) is 12.5. The molecule has 17 heavy (non-hydrogen) atoms. The van der Waals surface area contributed by atoms with Crippen LogP contribution in [0.1, 0.15) is 30.5 Å². The molecule has 1 aliphatic carbocycles. The highest BCUT2D eigenvalue weighted by molar-refractivity contribution is 5.92. The standard InChI is InChI=1S/C13H18N2O2/c1-8-6-9(2)14-12(7-8)15-13(17)10-4-3-5-11(10)16/h6-7,10-11,16H,3-5H2,1-2H3,(H,14,15,17). The molecule has 0 bridgehead atoms. The summed E-state index contributed by atoms with van der Waals surface area (Å²) in [6.45, 7) is 3.86. The second kappa shape index (κ2) is 4.84. The van der Waals surface area contributed by atoms with Crippen LogP contribution in [-0.2, 0) is 4.79 Å². The number of aliphatic hydroxyl groups is 1. The van der Waals surface area contributed by atoms with Crippen molar-refractivity contribution in [2.24, 2.45) is 5.92 Å². The molecule has 0 aliphatic heterocycles. The SMILES string of the molecule is Cc1cc(C)nc(NC(=O)C2CCCC2O)c1. The third kappa shape index (κ3) is 2.82. The number of carbonyl (C=O) groups is 1. The van der Waals surface area contributed by atoms with E-state index in [9.17, 15) is 9.90 Å². The number of pyridine rings is 1. The van der Waals surface area contributed by atoms with Crippen LogP contribution in [-0.4, -0.2) is 22.1 Å². The summed E-state index contributed by atoms with van der Waals surface area (Å²) in [7, 11) is 0. The van der Waals surface area contributed by atoms with Crippen molar-refractivity contribution in [3.63, 3.8) is 0 Å². The van der Waals surface area contributed by atoms with Crippen LogP contribution in [0, 0.1) is 19.8 Å². The van der Waals surface area contributed by atoms with Gasteiger partial charge in [-0.2, -0.15) is 0 Å². The van der Waals surface area contributed by atoms with E-state index < -0.39 is 6.10 Å². The number of aromatic nitrogens is 1. The van der Waals surface area contributed by atoms with Gasteiger partial charge in [-0.05, 0) is 50.8 Å². The summed E-state index contributed by atoms with van der Waals surface area (Å²) in [5.41, 5.74) is 1.95. The quantitative estimate of drug-likeness (QED) is 0.820. The lowest BCUT2D eigenvalue weighted by Crippen LogP contribution is -2.29. The van der Waals surface area contributed by atoms with Gasteiger partial charge in [0.25, 0.3) is 0 Å². The Hall–Kier alpha value is -1.42. The van der Waals surface area contributed by atoms with E-state index in [1.54, 1.807) is 0 Å². The Morgan fingerprint density at radius 2 is 2.18 bits per heavy atom. The van der Waals surface area contributed by atoms with E-state index in [-0.39, 0.29) is 11.8 Å². The Morgan fingerprint density at radius 3 is 2.76 bits per heavy atom. The van der Waals surface area contributed by atoms with Crippen LogP contribution in [0.4, 0.5) is 5.82 Å². The first-order chi connectivity index (χ1) is 8.06. The van der Waals surface area contributed by atoms with Gasteiger partial charge < -0.3 is 10.4 Å². The first kappa shape index (κ1) is 12.0. The molecule has 2 unspecified atom stereocenters. The highest BCUT2D eigenvalue weighted by atomic mass is 16.3. The van der Waals surface area contributed by atoms with Gasteiger partial charge in [0.2, 0.25) is 5.91 Å². The molecule has 1 aromatic heterocycles. The number of amides is 1. The van der Waals surface area contributed by atoms with Crippen LogP contribution in [0.3, 0.4) is 0 Å². The highest BCUT2D eigenvalue weighted by Crippen LogP contribution is 2.26. The Labute approximate surface area is 101 Å². The topological polar surface area (TPSA) is 62.2 Å². The van der Waals surface area contributed by atoms with Crippen molar-refractivity contribution in [1.82, 2.24) is 4.98 Å². The van der Waals surface area contributed by atoms with E-state index in [1.807, 2.05) is 26.0 Å². The number of anilines is 1. The van der Waals surface area contributed by atoms with Gasteiger partial charge in [0.15, 0.2) is 0 Å². The summed E-state index contributed by atoms with van der Waals surface area (Å²) < 4.78 is 0. The predicted octanol–water partition coefficient (Wildman–Crippen LogP) is 1.80. The van der Waals surface area contributed by atoms with Gasteiger partial charge in [-0.3, -0.25) is 4.79 Å². The zero-order valence-electron chi connectivity index (χ0n) is 10.2. The molecule has 2 rings (SSSR count). The third-order valence-corrected chi connectivity index (χ3v) is 3.17. The molecule has 1 fully saturated rings. The van der Waals surface area contributed by atoms with E-state index in [0.29, 0.717) is 5.82 Å². The van der Waals surface area contributed by atoms with Gasteiger partial charge in [0, 0.05) is 5.69 Å². The predicted molar refractivity (Wildman–Crippen MR) is 65.7 cm³/mol. The molecule has 4 nitrogen and oxygen atoms in total. The van der Waals surface area contributed by atoms with Gasteiger partial charge in [-0.25, -0.2) is 4.98 Å². The molecule has 0 saturated heterocycles. The minimum absolute atomic E-state index is 0.118. The maximum Gasteiger partial charge on any atom is 0.231 e. The largest absolute Gasteiger partial charge is 0.392 e. The van der Waals surface area contributed by atoms with Crippen LogP contribution in [0.2, 0.25) is 0 Å². The summed E-state index contributed by atoms with van der Waals surface area (Å²) >= 11 is 0. The summed E-state index contributed by atoms with van der Waals surface area (Å²) in [4.78, 5) is 16.2. The smallest absolute Gasteiger partial charge is 0.231 e. The summed E-state index contributed by atoms with van der Waals surface area (Å²) in [6.07, 6.45) is 1.90. The second-order valence-electron chi connectivity index (χ2n) is 4.77. The molecule has 1 aliphatic rings. The average Bonchev–Trinajstić information content (AvgIpc) is 2.62. The van der Waals surface area contributed by atoms with E-state index in [0.717, 1.165) is 30.5 Å². The van der Waals surface area contributed by atoms with Crippen molar-refractivity contribution in [1.29, 1.82) is 0 Å². The minimum Gasteiger partial charge on any atom is -0.392 e. The van der Waals surface area contributed by atoms with Crippen LogP contribution in [0.25, 0.3) is 0 Å². The maximum absolute atomic E-state index is 11.9. The van der Waals surface area contributed by atoms with Gasteiger partial charge >= 0.3 is 0 Å². The van der Waals surface area contributed by atoms with Crippen LogP contribution in [0.5, 0.6) is 0 Å². The maximum atomic E-state index is 11.9. The van der Waals surface area contributed by atoms with Crippen molar-refractivity contribution in [2.45, 2.75) is 39.2 Å². The molecule has 1 saturated carbocycles. The molecule has 92 valence electrons. The van der Waals surface area contributed by atoms with Crippen molar-refractivity contribution in [3.05, 3.63) is 23.4 Å². The van der Waals surface area contributed by atoms with Gasteiger partial charge in [-0.15, -0.1) is 0 Å². The highest BCUT2D eigenvalue weighted by Gasteiger charge is 2.31. The second-order valence-corrected chi connectivity index (χ2v) is 4.77. The van der Waals surface area contributed by atoms with Crippen molar-refractivity contribution < 1.29 is 9.90 Å². The number of carbonyl (C=O) groups excluding carboxylic acids is 1. The molecular weight excluding hydrogens is 216 g/mol. The summed E-state index contributed by atoms with van der Waals surface area (Å²) in [5.74, 6) is 0.178. The fourth-order valence-electron chi connectivity index (χ4n) is 2.37. The lowest BCUT2D eigenvalue weighted by atomic mass is 10.1. The first-order valence-corrected chi connectivity index (χ1v) is 6.00. The van der Waals surface area contributed by atoms with Gasteiger partial charge in [0.1, 0.15) is 5.82 Å². The van der Waals surface area contributed by atoms with Crippen molar-refractivity contribution in [2.75, 3.05) is 5.32 Å². The zero-order valence-corrected chi connectivity index (χ0v) is 10.2. The van der Waals surface area contributed by atoms with Crippen LogP contribution in [0.15, 0.2) is 12.1 Å². The Kier molecular flexibility index (Phi) is 3.43. The summed E-state index contributed by atoms with van der Waals surface area (Å²) in [6, 6.07) is 3.80. The Morgan fingerprint density at radius 1 is 1.41 bits per heavy atom. The van der Waals surface area contributed by atoms with E-state index in [1.165, 1.54) is 0 Å². The van der Waals surface area contributed by atoms with Crippen LogP contribution < -0.4 is 5.32 Å². The number of hydrogen-bond donors (Lipinski definition) is 2. The molecular formula is C13H18N2O2. The lowest BCUT2D eigenvalue weighted by Gasteiger charge is -2.14. The van der Waals surface area contributed by atoms with Gasteiger partial charge in [0.05, 0.1) is 12.0 Å². The number of rotatable bonds is 2. The Bertz CT molecular complexity index is 411. The molecule has 1 amide bonds. The minimum atomic E-state index is -0.499. The molecule has 0 radical (unpaired) electrons. The fraction of sp³-hybridized carbons (Fsp3) is 0.538. The first-order valence-electron chi connectivity index (χ1n) is 6.00. The lowest BCUT2D eigenvalue weighted by molar-refractivity contribution is -0.122. The number of hydrogen-bond acceptors (Lipinski definition) is 3. The molecule has 2 N–H and O–H groups in total. The normalized spacial score (nSPS) is 23.7. The van der Waals surface area contributed by atoms with E-state index in [4.69, 9.17) is 0 Å². The number of nitrogens with zero attached hydrogens (tertiary/aromatic N) is 1. The zero-order chi connectivity index (χ0) is 12.4. The monoisotopic (exact) mass is 234 g/mol. The van der Waals surface area contributed by atoms with E-state index in [2.05, 4.69) is 10.3 Å². The third-order valence-electron chi connectivity index (χ3n) is 3.17. The van der Waals surface area contributed by atoms with Crippen molar-refractivity contribution in [3.8, 4) is 0 Å². The molecule has 0 aromatic carbocycles. The molecule has 0 spiro atoms. The number of nitrogens with one attached hydrogen (secondary N) is 1. The number of aliphatic hydroxyl groups excluding tert-OH is 1. The molecule has 2 atom stereocenters. The van der Waals surface area contributed by atoms with Crippen LogP contribution >= 0.6 is 0 Å². The molecule has 4 heteroatoms. The fourth-order valence-corrected chi connectivity index (χ4v) is 2.37. The van der Waals surface area contributed by atoms with Crippen molar-refractivity contribution >= 4 is 11.7 Å². The average molecular weight is 234 g/mol. The van der Waals surface area contributed by atoms with Gasteiger partial charge in [-0.1, -0.05) is 0 Å². The molecule has 1 aromatic rings. The van der Waals surface area contributed by atoms with E-state index >= 15 is 0 Å². The number of aryl methyl sites for hydroxylation is 2.